The molecule has 5 nitrogen and oxygen atoms in total. The summed E-state index contributed by atoms with van der Waals surface area (Å²) in [5, 5.41) is 0. The second-order valence-electron chi connectivity index (χ2n) is 2.68. The first-order valence-corrected chi connectivity index (χ1v) is 4.87. The Morgan fingerprint density at radius 1 is 1.18 bits per heavy atom. The maximum Gasteiger partial charge on any atom is 0.278 e. The van der Waals surface area contributed by atoms with E-state index in [4.69, 9.17) is 5.73 Å². The van der Waals surface area contributed by atoms with Crippen molar-refractivity contribution in [2.45, 2.75) is 33.0 Å². The van der Waals surface area contributed by atoms with E-state index < -0.39 is 16.4 Å². The maximum absolute atomic E-state index is 10.9. The van der Waals surface area contributed by atoms with Crippen LogP contribution in [0.3, 0.4) is 0 Å². The Morgan fingerprint density at radius 3 is 1.91 bits per heavy atom. The smallest absolute Gasteiger partial charge is 0.278 e. The molecular formula is C5H15N3O2S. The zero-order valence-corrected chi connectivity index (χ0v) is 7.77. The molecule has 0 rings (SSSR count). The Morgan fingerprint density at radius 2 is 1.64 bits per heavy atom. The van der Waals surface area contributed by atoms with Crippen molar-refractivity contribution in [3.63, 3.8) is 0 Å². The van der Waals surface area contributed by atoms with Gasteiger partial charge in [0.05, 0.1) is 6.17 Å². The van der Waals surface area contributed by atoms with Crippen molar-refractivity contribution < 1.29 is 8.42 Å². The van der Waals surface area contributed by atoms with Crippen molar-refractivity contribution in [2.75, 3.05) is 0 Å². The molecule has 0 bridgehead atoms. The summed E-state index contributed by atoms with van der Waals surface area (Å²) in [5.41, 5.74) is 5.22. The van der Waals surface area contributed by atoms with Crippen molar-refractivity contribution in [3.05, 3.63) is 0 Å². The number of rotatable bonds is 4. The fourth-order valence-corrected chi connectivity index (χ4v) is 1.77. The summed E-state index contributed by atoms with van der Waals surface area (Å²) < 4.78 is 26.4. The third-order valence-electron chi connectivity index (χ3n) is 0.732. The molecule has 0 aliphatic carbocycles. The van der Waals surface area contributed by atoms with E-state index in [1.807, 2.05) is 0 Å². The Labute approximate surface area is 67.5 Å². The van der Waals surface area contributed by atoms with E-state index in [0.29, 0.717) is 0 Å². The van der Waals surface area contributed by atoms with Crippen LogP contribution >= 0.6 is 0 Å². The predicted octanol–water partition coefficient (Wildman–Crippen LogP) is -0.876. The van der Waals surface area contributed by atoms with Gasteiger partial charge in [0.15, 0.2) is 0 Å². The lowest BCUT2D eigenvalue weighted by Crippen LogP contribution is -2.47. The van der Waals surface area contributed by atoms with Gasteiger partial charge < -0.3 is 5.73 Å². The van der Waals surface area contributed by atoms with Crippen LogP contribution in [-0.4, -0.2) is 20.6 Å². The lowest BCUT2D eigenvalue weighted by Gasteiger charge is -2.12. The molecule has 0 aromatic carbocycles. The SMILES string of the molecule is CC(C)NS(=O)(=O)NC(C)N. The summed E-state index contributed by atoms with van der Waals surface area (Å²) in [7, 11) is -3.41. The third kappa shape index (κ3) is 6.24. The Bertz CT molecular complexity index is 182. The molecule has 0 fully saturated rings. The van der Waals surface area contributed by atoms with E-state index in [1.165, 1.54) is 0 Å². The number of hydrogen-bond acceptors (Lipinski definition) is 3. The standard InChI is InChI=1S/C5H15N3O2S/c1-4(2)7-11(9,10)8-5(3)6/h4-5,7-8H,6H2,1-3H3. The molecule has 0 aromatic heterocycles. The molecule has 1 unspecified atom stereocenters. The van der Waals surface area contributed by atoms with Gasteiger partial charge in [-0.3, -0.25) is 0 Å². The first-order valence-electron chi connectivity index (χ1n) is 3.38. The number of nitrogens with two attached hydrogens (primary N) is 1. The van der Waals surface area contributed by atoms with Gasteiger partial charge in [0.25, 0.3) is 10.2 Å². The van der Waals surface area contributed by atoms with Gasteiger partial charge in [0.1, 0.15) is 0 Å². The Balaban J connectivity index is 4.03. The minimum atomic E-state index is -3.41. The topological polar surface area (TPSA) is 84.2 Å². The van der Waals surface area contributed by atoms with Crippen LogP contribution in [-0.2, 0) is 10.2 Å². The van der Waals surface area contributed by atoms with Gasteiger partial charge in [-0.2, -0.15) is 17.9 Å². The number of nitrogens with one attached hydrogen (secondary N) is 2. The molecule has 6 heteroatoms. The summed E-state index contributed by atoms with van der Waals surface area (Å²) in [6.45, 7) is 5.03. The zero-order chi connectivity index (χ0) is 9.07. The minimum absolute atomic E-state index is 0.119. The fraction of sp³-hybridized carbons (Fsp3) is 1.00. The lowest BCUT2D eigenvalue weighted by atomic mass is 10.4. The molecule has 0 saturated heterocycles. The van der Waals surface area contributed by atoms with Gasteiger partial charge in [0.2, 0.25) is 0 Å². The second-order valence-corrected chi connectivity index (χ2v) is 4.16. The Hall–Kier alpha value is -0.170. The Kier molecular flexibility index (Phi) is 3.95. The van der Waals surface area contributed by atoms with Crippen LogP contribution in [0.25, 0.3) is 0 Å². The molecule has 4 N–H and O–H groups in total. The highest BCUT2D eigenvalue weighted by Crippen LogP contribution is 1.83. The van der Waals surface area contributed by atoms with Crippen LogP contribution < -0.4 is 15.2 Å². The average Bonchev–Trinajstić information content (AvgIpc) is 1.53. The van der Waals surface area contributed by atoms with E-state index >= 15 is 0 Å². The van der Waals surface area contributed by atoms with Crippen LogP contribution in [0.1, 0.15) is 20.8 Å². The highest BCUT2D eigenvalue weighted by molar-refractivity contribution is 7.87. The van der Waals surface area contributed by atoms with Crippen molar-refractivity contribution in [2.24, 2.45) is 5.73 Å². The molecule has 0 aromatic rings. The molecule has 1 atom stereocenters. The van der Waals surface area contributed by atoms with Gasteiger partial charge in [-0.05, 0) is 20.8 Å². The van der Waals surface area contributed by atoms with E-state index in [0.717, 1.165) is 0 Å². The minimum Gasteiger partial charge on any atom is -0.315 e. The molecule has 11 heavy (non-hydrogen) atoms. The molecular weight excluding hydrogens is 166 g/mol. The summed E-state index contributed by atoms with van der Waals surface area (Å²) in [4.78, 5) is 0. The highest BCUT2D eigenvalue weighted by atomic mass is 32.2. The average molecular weight is 181 g/mol. The lowest BCUT2D eigenvalue weighted by molar-refractivity contribution is 0.540. The predicted molar refractivity (Wildman–Crippen MR) is 44.0 cm³/mol. The summed E-state index contributed by atoms with van der Waals surface area (Å²) in [5.74, 6) is 0. The summed E-state index contributed by atoms with van der Waals surface area (Å²) in [6.07, 6.45) is -0.564. The van der Waals surface area contributed by atoms with Crippen molar-refractivity contribution in [3.8, 4) is 0 Å². The monoisotopic (exact) mass is 181 g/mol. The first kappa shape index (κ1) is 10.8. The zero-order valence-electron chi connectivity index (χ0n) is 6.96. The molecule has 68 valence electrons. The van der Waals surface area contributed by atoms with Gasteiger partial charge in [-0.1, -0.05) is 0 Å². The second kappa shape index (κ2) is 4.01. The largest absolute Gasteiger partial charge is 0.315 e. The molecule has 0 radical (unpaired) electrons. The van der Waals surface area contributed by atoms with Gasteiger partial charge in [-0.15, -0.1) is 0 Å². The molecule has 0 saturated carbocycles. The van der Waals surface area contributed by atoms with E-state index in [9.17, 15) is 8.42 Å². The third-order valence-corrected chi connectivity index (χ3v) is 2.20. The molecule has 0 amide bonds. The summed E-state index contributed by atoms with van der Waals surface area (Å²) in [6, 6.07) is -0.119. The molecule has 0 heterocycles. The van der Waals surface area contributed by atoms with E-state index in [-0.39, 0.29) is 6.04 Å². The fourth-order valence-electron chi connectivity index (χ4n) is 0.589. The summed E-state index contributed by atoms with van der Waals surface area (Å²) >= 11 is 0. The number of hydrogen-bond donors (Lipinski definition) is 3. The molecule has 0 spiro atoms. The van der Waals surface area contributed by atoms with Crippen LogP contribution in [0, 0.1) is 0 Å². The quantitative estimate of drug-likeness (QED) is 0.493. The van der Waals surface area contributed by atoms with Crippen molar-refractivity contribution >= 4 is 10.2 Å². The normalized spacial score (nSPS) is 15.4. The van der Waals surface area contributed by atoms with Crippen LogP contribution in [0.15, 0.2) is 0 Å². The van der Waals surface area contributed by atoms with Crippen molar-refractivity contribution in [1.82, 2.24) is 9.44 Å². The van der Waals surface area contributed by atoms with Gasteiger partial charge >= 0.3 is 0 Å². The van der Waals surface area contributed by atoms with Gasteiger partial charge in [-0.25, -0.2) is 0 Å². The van der Waals surface area contributed by atoms with Gasteiger partial charge in [0, 0.05) is 6.04 Å². The van der Waals surface area contributed by atoms with Crippen LogP contribution in [0.2, 0.25) is 0 Å². The van der Waals surface area contributed by atoms with Crippen LogP contribution in [0.5, 0.6) is 0 Å². The highest BCUT2D eigenvalue weighted by Gasteiger charge is 2.11. The maximum atomic E-state index is 10.9. The van der Waals surface area contributed by atoms with Crippen LogP contribution in [0.4, 0.5) is 0 Å². The molecule has 0 aliphatic rings. The van der Waals surface area contributed by atoms with Crippen molar-refractivity contribution in [1.29, 1.82) is 0 Å². The van der Waals surface area contributed by atoms with E-state index in [1.54, 1.807) is 20.8 Å². The molecule has 0 aliphatic heterocycles. The van der Waals surface area contributed by atoms with E-state index in [2.05, 4.69) is 9.44 Å². The first-order chi connectivity index (χ1) is 4.83.